The van der Waals surface area contributed by atoms with Crippen LogP contribution in [0.4, 0.5) is 5.13 Å². The first-order valence-corrected chi connectivity index (χ1v) is 12.8. The van der Waals surface area contributed by atoms with Crippen molar-refractivity contribution in [2.75, 3.05) is 44.9 Å². The molecule has 8 heteroatoms. The molecule has 1 heterocycles. The molecule has 0 N–H and O–H groups in total. The average Bonchev–Trinajstić information content (AvgIpc) is 3.18. The number of rotatable bonds is 11. The highest BCUT2D eigenvalue weighted by atomic mass is 35.5. The molecule has 0 fully saturated rings. The maximum absolute atomic E-state index is 13.2. The number of halogens is 1. The highest BCUT2D eigenvalue weighted by Crippen LogP contribution is 2.33. The lowest BCUT2D eigenvalue weighted by Gasteiger charge is -2.21. The van der Waals surface area contributed by atoms with Gasteiger partial charge in [-0.25, -0.2) is 4.98 Å². The fourth-order valence-corrected chi connectivity index (χ4v) is 5.48. The summed E-state index contributed by atoms with van der Waals surface area (Å²) in [5.74, 6) is 1.92. The molecule has 1 aromatic heterocycles. The summed E-state index contributed by atoms with van der Waals surface area (Å²) in [6.07, 6.45) is 2.29. The van der Waals surface area contributed by atoms with Crippen LogP contribution in [0.2, 0.25) is 0 Å². The molecule has 3 rings (SSSR count). The van der Waals surface area contributed by atoms with Crippen molar-refractivity contribution in [3.63, 3.8) is 0 Å². The van der Waals surface area contributed by atoms with E-state index < -0.39 is 0 Å². The fraction of sp³-hybridized carbons (Fsp3) is 0.440. The molecule has 2 aromatic carbocycles. The van der Waals surface area contributed by atoms with Crippen molar-refractivity contribution in [2.24, 2.45) is 0 Å². The molecule has 0 atom stereocenters. The van der Waals surface area contributed by atoms with Crippen molar-refractivity contribution in [1.29, 1.82) is 0 Å². The second-order valence-electron chi connectivity index (χ2n) is 8.26. The number of nitrogens with zero attached hydrogens (tertiary/aromatic N) is 3. The van der Waals surface area contributed by atoms with Gasteiger partial charge in [-0.15, -0.1) is 24.2 Å². The molecule has 0 radical (unpaired) electrons. The van der Waals surface area contributed by atoms with E-state index in [2.05, 4.69) is 57.1 Å². The molecule has 0 saturated heterocycles. The predicted molar refractivity (Wildman–Crippen MR) is 145 cm³/mol. The number of thiazole rings is 1. The van der Waals surface area contributed by atoms with Crippen molar-refractivity contribution in [3.8, 4) is 5.75 Å². The number of thioether (sulfide) groups is 1. The van der Waals surface area contributed by atoms with Crippen LogP contribution in [0.15, 0.2) is 41.3 Å². The van der Waals surface area contributed by atoms with Gasteiger partial charge in [-0.05, 0) is 94.5 Å². The smallest absolute Gasteiger partial charge is 0.228 e. The summed E-state index contributed by atoms with van der Waals surface area (Å²) >= 11 is 3.40. The van der Waals surface area contributed by atoms with Gasteiger partial charge in [0.2, 0.25) is 5.91 Å². The Morgan fingerprint density at radius 3 is 2.48 bits per heavy atom. The first-order chi connectivity index (χ1) is 15.4. The van der Waals surface area contributed by atoms with E-state index in [-0.39, 0.29) is 18.3 Å². The number of amides is 1. The van der Waals surface area contributed by atoms with E-state index in [9.17, 15) is 4.79 Å². The SMILES string of the molecule is COc1ccc(SCCCC(=O)N(CCCN(C)C)c2nc3cc(C)cc(C)c3s2)cc1.Cl. The lowest BCUT2D eigenvalue weighted by atomic mass is 10.1. The summed E-state index contributed by atoms with van der Waals surface area (Å²) < 4.78 is 6.38. The minimum atomic E-state index is 0. The summed E-state index contributed by atoms with van der Waals surface area (Å²) in [5.41, 5.74) is 3.41. The Balaban J connectivity index is 0.00000385. The van der Waals surface area contributed by atoms with Gasteiger partial charge in [0.15, 0.2) is 5.13 Å². The number of carbonyl (C=O) groups is 1. The van der Waals surface area contributed by atoms with Gasteiger partial charge in [-0.1, -0.05) is 17.4 Å². The number of hydrogen-bond donors (Lipinski definition) is 0. The molecule has 180 valence electrons. The topological polar surface area (TPSA) is 45.7 Å². The molecule has 0 saturated carbocycles. The second kappa shape index (κ2) is 13.2. The number of ether oxygens (including phenoxy) is 1. The third-order valence-corrected chi connectivity index (χ3v) is 7.52. The molecule has 3 aromatic rings. The number of aromatic nitrogens is 1. The highest BCUT2D eigenvalue weighted by Gasteiger charge is 2.20. The Hall–Kier alpha value is -1.80. The van der Waals surface area contributed by atoms with Gasteiger partial charge in [-0.2, -0.15) is 0 Å². The van der Waals surface area contributed by atoms with Crippen molar-refractivity contribution in [3.05, 3.63) is 47.5 Å². The molecule has 0 bridgehead atoms. The van der Waals surface area contributed by atoms with Crippen LogP contribution in [-0.4, -0.2) is 55.8 Å². The zero-order chi connectivity index (χ0) is 23.1. The van der Waals surface area contributed by atoms with Crippen LogP contribution in [-0.2, 0) is 4.79 Å². The zero-order valence-electron chi connectivity index (χ0n) is 20.1. The maximum Gasteiger partial charge on any atom is 0.228 e. The van der Waals surface area contributed by atoms with E-state index in [1.54, 1.807) is 30.2 Å². The molecule has 5 nitrogen and oxygen atoms in total. The van der Waals surface area contributed by atoms with Gasteiger partial charge < -0.3 is 9.64 Å². The van der Waals surface area contributed by atoms with Crippen molar-refractivity contribution in [1.82, 2.24) is 9.88 Å². The van der Waals surface area contributed by atoms with E-state index in [1.807, 2.05) is 17.0 Å². The summed E-state index contributed by atoms with van der Waals surface area (Å²) in [5, 5.41) is 0.820. The van der Waals surface area contributed by atoms with Crippen LogP contribution in [0.25, 0.3) is 10.2 Å². The van der Waals surface area contributed by atoms with Crippen LogP contribution < -0.4 is 9.64 Å². The molecular formula is C25H34ClN3O2S2. The standard InChI is InChI=1S/C25H33N3O2S2.ClH/c1-18-16-19(2)24-22(17-18)26-25(32-24)28(14-7-13-27(3)4)23(29)8-6-15-31-21-11-9-20(30-5)10-12-21;/h9-12,16-17H,6-8,13-15H2,1-5H3;1H. The summed E-state index contributed by atoms with van der Waals surface area (Å²) in [6.45, 7) is 5.85. The number of methoxy groups -OCH3 is 1. The zero-order valence-corrected chi connectivity index (χ0v) is 22.5. The fourth-order valence-electron chi connectivity index (χ4n) is 3.57. The van der Waals surface area contributed by atoms with Crippen LogP contribution >= 0.6 is 35.5 Å². The van der Waals surface area contributed by atoms with Crippen LogP contribution in [0.3, 0.4) is 0 Å². The lowest BCUT2D eigenvalue weighted by molar-refractivity contribution is -0.118. The Bertz CT molecular complexity index is 1040. The Morgan fingerprint density at radius 1 is 1.09 bits per heavy atom. The van der Waals surface area contributed by atoms with Gasteiger partial charge in [0, 0.05) is 17.9 Å². The lowest BCUT2D eigenvalue weighted by Crippen LogP contribution is -2.33. The minimum absolute atomic E-state index is 0. The largest absolute Gasteiger partial charge is 0.497 e. The van der Waals surface area contributed by atoms with Crippen LogP contribution in [0.5, 0.6) is 5.75 Å². The highest BCUT2D eigenvalue weighted by molar-refractivity contribution is 7.99. The summed E-state index contributed by atoms with van der Waals surface area (Å²) in [6, 6.07) is 12.3. The minimum Gasteiger partial charge on any atom is -0.497 e. The van der Waals surface area contributed by atoms with Gasteiger partial charge in [0.1, 0.15) is 5.75 Å². The number of hydrogen-bond acceptors (Lipinski definition) is 6. The maximum atomic E-state index is 13.2. The monoisotopic (exact) mass is 507 g/mol. The van der Waals surface area contributed by atoms with Crippen molar-refractivity contribution in [2.45, 2.75) is 38.0 Å². The van der Waals surface area contributed by atoms with E-state index in [0.717, 1.165) is 41.5 Å². The third-order valence-electron chi connectivity index (χ3n) is 5.19. The quantitative estimate of drug-likeness (QED) is 0.228. The molecule has 0 spiro atoms. The van der Waals surface area contributed by atoms with Gasteiger partial charge >= 0.3 is 0 Å². The van der Waals surface area contributed by atoms with Gasteiger partial charge in [-0.3, -0.25) is 9.69 Å². The normalized spacial score (nSPS) is 11.0. The summed E-state index contributed by atoms with van der Waals surface area (Å²) in [4.78, 5) is 23.3. The number of fused-ring (bicyclic) bond motifs is 1. The van der Waals surface area contributed by atoms with Crippen molar-refractivity contribution >= 4 is 56.8 Å². The summed E-state index contributed by atoms with van der Waals surface area (Å²) in [7, 11) is 5.80. The van der Waals surface area contributed by atoms with E-state index in [1.165, 1.54) is 20.7 Å². The number of benzene rings is 2. The Morgan fingerprint density at radius 2 is 1.82 bits per heavy atom. The first-order valence-electron chi connectivity index (χ1n) is 11.0. The van der Waals surface area contributed by atoms with Crippen LogP contribution in [0.1, 0.15) is 30.4 Å². The second-order valence-corrected chi connectivity index (χ2v) is 10.4. The van der Waals surface area contributed by atoms with E-state index in [0.29, 0.717) is 13.0 Å². The Labute approximate surface area is 211 Å². The molecule has 0 unspecified atom stereocenters. The molecular weight excluding hydrogens is 474 g/mol. The molecule has 0 aliphatic rings. The number of carbonyl (C=O) groups excluding carboxylic acids is 1. The van der Waals surface area contributed by atoms with Gasteiger partial charge in [0.05, 0.1) is 17.3 Å². The average molecular weight is 508 g/mol. The number of aryl methyl sites for hydroxylation is 2. The number of anilines is 1. The first kappa shape index (κ1) is 27.4. The van der Waals surface area contributed by atoms with Crippen LogP contribution in [0, 0.1) is 13.8 Å². The predicted octanol–water partition coefficient (Wildman–Crippen LogP) is 6.20. The third kappa shape index (κ3) is 7.88. The molecule has 1 amide bonds. The van der Waals surface area contributed by atoms with Crippen molar-refractivity contribution < 1.29 is 9.53 Å². The molecule has 33 heavy (non-hydrogen) atoms. The van der Waals surface area contributed by atoms with Gasteiger partial charge in [0.25, 0.3) is 0 Å². The molecule has 0 aliphatic heterocycles. The van der Waals surface area contributed by atoms with E-state index in [4.69, 9.17) is 9.72 Å². The van der Waals surface area contributed by atoms with E-state index >= 15 is 0 Å². The molecule has 0 aliphatic carbocycles. The Kier molecular flexibility index (Phi) is 11.0.